The lowest BCUT2D eigenvalue weighted by Gasteiger charge is -2.38. The Bertz CT molecular complexity index is 1050. The molecule has 0 N–H and O–H groups in total. The number of hydrogen-bond donors (Lipinski definition) is 0. The molecule has 1 aromatic carbocycles. The number of hydrogen-bond acceptors (Lipinski definition) is 6. The van der Waals surface area contributed by atoms with Gasteiger partial charge in [-0.15, -0.1) is 0 Å². The van der Waals surface area contributed by atoms with Gasteiger partial charge in [-0.05, 0) is 50.8 Å². The number of fused-ring (bicyclic) bond motifs is 1. The Kier molecular flexibility index (Phi) is 6.80. The number of aromatic nitrogens is 1. The van der Waals surface area contributed by atoms with E-state index < -0.39 is 0 Å². The summed E-state index contributed by atoms with van der Waals surface area (Å²) in [5, 5.41) is 11.1. The minimum atomic E-state index is -0.147. The number of nitriles is 1. The summed E-state index contributed by atoms with van der Waals surface area (Å²) in [4.78, 5) is 33.5. The van der Waals surface area contributed by atoms with Crippen LogP contribution in [0, 0.1) is 23.2 Å². The Balaban J connectivity index is 1.41. The Morgan fingerprint density at radius 2 is 1.84 bits per heavy atom. The molecule has 2 aromatic rings. The number of halogens is 1. The van der Waals surface area contributed by atoms with Gasteiger partial charge in [-0.25, -0.2) is 0 Å². The van der Waals surface area contributed by atoms with E-state index in [-0.39, 0.29) is 23.7 Å². The maximum absolute atomic E-state index is 13.1. The molecule has 0 saturated carbocycles. The van der Waals surface area contributed by atoms with Crippen LogP contribution < -0.4 is 4.90 Å². The van der Waals surface area contributed by atoms with Gasteiger partial charge in [-0.1, -0.05) is 11.6 Å². The highest BCUT2D eigenvalue weighted by Gasteiger charge is 2.33. The van der Waals surface area contributed by atoms with Crippen LogP contribution in [-0.4, -0.2) is 54.5 Å². The second kappa shape index (κ2) is 9.74. The highest BCUT2D eigenvalue weighted by Crippen LogP contribution is 2.34. The molecular formula is C24H27ClN4O3. The average molecular weight is 455 g/mol. The molecule has 2 saturated heterocycles. The van der Waals surface area contributed by atoms with Gasteiger partial charge in [-0.3, -0.25) is 14.6 Å². The van der Waals surface area contributed by atoms with Crippen molar-refractivity contribution in [2.24, 2.45) is 11.8 Å². The van der Waals surface area contributed by atoms with E-state index in [9.17, 15) is 14.9 Å². The number of carbonyl (C=O) groups is 2. The molecule has 1 amide bonds. The Morgan fingerprint density at radius 1 is 1.16 bits per heavy atom. The number of ether oxygens (including phenoxy) is 1. The van der Waals surface area contributed by atoms with Crippen molar-refractivity contribution in [1.82, 2.24) is 9.88 Å². The third-order valence-corrected chi connectivity index (χ3v) is 6.74. The van der Waals surface area contributed by atoms with E-state index in [0.717, 1.165) is 29.4 Å². The molecular weight excluding hydrogens is 428 g/mol. The van der Waals surface area contributed by atoms with Gasteiger partial charge < -0.3 is 14.5 Å². The van der Waals surface area contributed by atoms with Crippen molar-refractivity contribution in [3.8, 4) is 6.07 Å². The molecule has 0 spiro atoms. The zero-order valence-corrected chi connectivity index (χ0v) is 19.0. The van der Waals surface area contributed by atoms with Crippen LogP contribution in [0.5, 0.6) is 0 Å². The van der Waals surface area contributed by atoms with Gasteiger partial charge in [0.25, 0.3) is 0 Å². The molecule has 0 aliphatic carbocycles. The molecule has 2 aliphatic heterocycles. The van der Waals surface area contributed by atoms with Crippen molar-refractivity contribution in [3.05, 3.63) is 35.0 Å². The van der Waals surface area contributed by atoms with Crippen LogP contribution in [0.25, 0.3) is 10.9 Å². The van der Waals surface area contributed by atoms with Gasteiger partial charge in [-0.2, -0.15) is 5.26 Å². The molecule has 2 aliphatic rings. The summed E-state index contributed by atoms with van der Waals surface area (Å²) in [6, 6.07) is 7.76. The topological polar surface area (TPSA) is 86.5 Å². The first kappa shape index (κ1) is 22.3. The lowest BCUT2D eigenvalue weighted by Crippen LogP contribution is -2.46. The smallest absolute Gasteiger partial charge is 0.309 e. The van der Waals surface area contributed by atoms with Crippen LogP contribution in [0.2, 0.25) is 5.02 Å². The standard InChI is InChI=1S/C24H27ClN4O3/c1-2-32-24(31)17-7-11-29(12-8-17)23(30)16-5-9-28(10-6-16)22-18(14-26)15-27-21-4-3-19(25)13-20(21)22/h3-4,13,15-17H,2,5-12H2,1H3. The van der Waals surface area contributed by atoms with E-state index in [2.05, 4.69) is 16.0 Å². The molecule has 3 heterocycles. The van der Waals surface area contributed by atoms with E-state index in [0.29, 0.717) is 56.2 Å². The number of rotatable bonds is 4. The molecule has 32 heavy (non-hydrogen) atoms. The Morgan fingerprint density at radius 3 is 2.50 bits per heavy atom. The van der Waals surface area contributed by atoms with Crippen molar-refractivity contribution >= 4 is 40.1 Å². The molecule has 4 rings (SSSR count). The lowest BCUT2D eigenvalue weighted by atomic mass is 9.91. The van der Waals surface area contributed by atoms with Gasteiger partial charge in [0.15, 0.2) is 0 Å². The van der Waals surface area contributed by atoms with Crippen LogP contribution in [0.4, 0.5) is 5.69 Å². The highest BCUT2D eigenvalue weighted by molar-refractivity contribution is 6.31. The maximum Gasteiger partial charge on any atom is 0.309 e. The van der Waals surface area contributed by atoms with Gasteiger partial charge in [0.1, 0.15) is 6.07 Å². The molecule has 0 bridgehead atoms. The fourth-order valence-corrected chi connectivity index (χ4v) is 4.95. The fourth-order valence-electron chi connectivity index (χ4n) is 4.78. The minimum Gasteiger partial charge on any atom is -0.466 e. The second-order valence-electron chi connectivity index (χ2n) is 8.41. The van der Waals surface area contributed by atoms with Crippen LogP contribution >= 0.6 is 11.6 Å². The van der Waals surface area contributed by atoms with Crippen LogP contribution in [0.3, 0.4) is 0 Å². The number of nitrogens with zero attached hydrogens (tertiary/aromatic N) is 4. The van der Waals surface area contributed by atoms with Crippen molar-refractivity contribution < 1.29 is 14.3 Å². The summed E-state index contributed by atoms with van der Waals surface area (Å²) in [5.41, 5.74) is 2.16. The summed E-state index contributed by atoms with van der Waals surface area (Å²) in [5.74, 6) is -0.106. The first-order chi connectivity index (χ1) is 15.5. The molecule has 168 valence electrons. The van der Waals surface area contributed by atoms with E-state index in [1.165, 1.54) is 0 Å². The first-order valence-electron chi connectivity index (χ1n) is 11.2. The van der Waals surface area contributed by atoms with Crippen molar-refractivity contribution in [3.63, 3.8) is 0 Å². The summed E-state index contributed by atoms with van der Waals surface area (Å²) in [6.07, 6.45) is 4.39. The average Bonchev–Trinajstić information content (AvgIpc) is 2.83. The molecule has 0 radical (unpaired) electrons. The number of anilines is 1. The van der Waals surface area contributed by atoms with Gasteiger partial charge in [0.05, 0.1) is 29.3 Å². The summed E-state index contributed by atoms with van der Waals surface area (Å²) in [7, 11) is 0. The zero-order chi connectivity index (χ0) is 22.7. The maximum atomic E-state index is 13.1. The molecule has 7 nitrogen and oxygen atoms in total. The Labute approximate surface area is 192 Å². The van der Waals surface area contributed by atoms with Gasteiger partial charge >= 0.3 is 5.97 Å². The number of benzene rings is 1. The first-order valence-corrected chi connectivity index (χ1v) is 11.6. The predicted octanol–water partition coefficient (Wildman–Crippen LogP) is 3.78. The monoisotopic (exact) mass is 454 g/mol. The summed E-state index contributed by atoms with van der Waals surface area (Å²) >= 11 is 6.21. The van der Waals surface area contributed by atoms with Crippen molar-refractivity contribution in [1.29, 1.82) is 5.26 Å². The molecule has 0 unspecified atom stereocenters. The second-order valence-corrected chi connectivity index (χ2v) is 8.84. The normalized spacial score (nSPS) is 17.9. The summed E-state index contributed by atoms with van der Waals surface area (Å²) in [6.45, 7) is 4.80. The fraction of sp³-hybridized carbons (Fsp3) is 0.500. The van der Waals surface area contributed by atoms with Crippen LogP contribution in [0.1, 0.15) is 38.2 Å². The number of amides is 1. The molecule has 2 fully saturated rings. The quantitative estimate of drug-likeness (QED) is 0.653. The number of carbonyl (C=O) groups excluding carboxylic acids is 2. The number of esters is 1. The van der Waals surface area contributed by atoms with Crippen molar-refractivity contribution in [2.45, 2.75) is 32.6 Å². The van der Waals surface area contributed by atoms with E-state index in [4.69, 9.17) is 16.3 Å². The van der Waals surface area contributed by atoms with Crippen molar-refractivity contribution in [2.75, 3.05) is 37.7 Å². The van der Waals surface area contributed by atoms with Gasteiger partial charge in [0.2, 0.25) is 5.91 Å². The van der Waals surface area contributed by atoms with E-state index in [1.807, 2.05) is 24.0 Å². The molecule has 0 atom stereocenters. The SMILES string of the molecule is CCOC(=O)C1CCN(C(=O)C2CCN(c3c(C#N)cnc4ccc(Cl)cc34)CC2)CC1. The largest absolute Gasteiger partial charge is 0.466 e. The number of pyridine rings is 1. The molecule has 1 aromatic heterocycles. The lowest BCUT2D eigenvalue weighted by molar-refractivity contribution is -0.151. The number of piperidine rings is 2. The van der Waals surface area contributed by atoms with E-state index >= 15 is 0 Å². The minimum absolute atomic E-state index is 0.0346. The highest BCUT2D eigenvalue weighted by atomic mass is 35.5. The Hall–Kier alpha value is -2.85. The van der Waals surface area contributed by atoms with Gasteiger partial charge in [0, 0.05) is 48.7 Å². The van der Waals surface area contributed by atoms with Crippen LogP contribution in [-0.2, 0) is 14.3 Å². The molecule has 8 heteroatoms. The van der Waals surface area contributed by atoms with Crippen LogP contribution in [0.15, 0.2) is 24.4 Å². The predicted molar refractivity (Wildman–Crippen MR) is 122 cm³/mol. The number of likely N-dealkylation sites (tertiary alicyclic amines) is 1. The zero-order valence-electron chi connectivity index (χ0n) is 18.2. The summed E-state index contributed by atoms with van der Waals surface area (Å²) < 4.78 is 5.12. The van der Waals surface area contributed by atoms with E-state index in [1.54, 1.807) is 12.3 Å². The third-order valence-electron chi connectivity index (χ3n) is 6.51. The third kappa shape index (κ3) is 4.51.